The van der Waals surface area contributed by atoms with Crippen molar-refractivity contribution in [2.75, 3.05) is 31.1 Å². The molecule has 0 spiro atoms. The number of carbonyl (C=O) groups is 2. The zero-order valence-corrected chi connectivity index (χ0v) is 27.5. The van der Waals surface area contributed by atoms with Crippen LogP contribution in [-0.4, -0.2) is 58.0 Å². The Kier molecular flexibility index (Phi) is 12.9. The number of hydrogen-bond acceptors (Lipinski definition) is 6. The number of carbonyl (C=O) groups excluding carboxylic acids is 2. The predicted molar refractivity (Wildman–Crippen MR) is 172 cm³/mol. The quantitative estimate of drug-likeness (QED) is 0.194. The molecule has 232 valence electrons. The average molecular weight is 675 g/mol. The molecule has 9 nitrogen and oxygen atoms in total. The van der Waals surface area contributed by atoms with Crippen LogP contribution in [0.4, 0.5) is 5.69 Å². The number of unbranched alkanes of at least 4 members (excludes halogenated alkanes) is 1. The van der Waals surface area contributed by atoms with Crippen LogP contribution in [0.25, 0.3) is 0 Å². The standard InChI is InChI=1S/C32H40BrN3O6S/c1-5-8-21-34-32(38)30(6-2)35(22-24-9-15-27(41-4)16-10-24)31(37)23-36(26-13-17-28(18-14-26)42-7-3)43(39,40)29-19-11-25(33)12-20-29/h9-20,30H,5-8,21-23H2,1-4H3,(H,34,38). The summed E-state index contributed by atoms with van der Waals surface area (Å²) in [6.45, 7) is 6.27. The maximum absolute atomic E-state index is 14.2. The van der Waals surface area contributed by atoms with Crippen LogP contribution in [0.1, 0.15) is 45.6 Å². The van der Waals surface area contributed by atoms with Crippen molar-refractivity contribution in [1.29, 1.82) is 0 Å². The number of halogens is 1. The van der Waals surface area contributed by atoms with Crippen LogP contribution in [0.15, 0.2) is 82.2 Å². The number of methoxy groups -OCH3 is 1. The summed E-state index contributed by atoms with van der Waals surface area (Å²) < 4.78 is 40.6. The summed E-state index contributed by atoms with van der Waals surface area (Å²) in [6, 6.07) is 19.2. The second-order valence-corrected chi connectivity index (χ2v) is 12.6. The van der Waals surface area contributed by atoms with Gasteiger partial charge in [0.1, 0.15) is 24.1 Å². The lowest BCUT2D eigenvalue weighted by Gasteiger charge is -2.33. The lowest BCUT2D eigenvalue weighted by Crippen LogP contribution is -2.52. The highest BCUT2D eigenvalue weighted by Crippen LogP contribution is 2.28. The first-order chi connectivity index (χ1) is 20.6. The van der Waals surface area contributed by atoms with Crippen LogP contribution in [0.2, 0.25) is 0 Å². The van der Waals surface area contributed by atoms with Gasteiger partial charge in [-0.1, -0.05) is 48.3 Å². The molecule has 11 heteroatoms. The van der Waals surface area contributed by atoms with Gasteiger partial charge in [-0.2, -0.15) is 0 Å². The summed E-state index contributed by atoms with van der Waals surface area (Å²) in [5, 5.41) is 2.94. The third kappa shape index (κ3) is 9.21. The summed E-state index contributed by atoms with van der Waals surface area (Å²) in [6.07, 6.45) is 2.07. The largest absolute Gasteiger partial charge is 0.497 e. The van der Waals surface area contributed by atoms with Gasteiger partial charge < -0.3 is 19.7 Å². The predicted octanol–water partition coefficient (Wildman–Crippen LogP) is 5.78. The Hall–Kier alpha value is -3.57. The zero-order valence-electron chi connectivity index (χ0n) is 25.1. The number of nitrogens with one attached hydrogen (secondary N) is 1. The van der Waals surface area contributed by atoms with E-state index in [0.29, 0.717) is 36.8 Å². The molecular formula is C32H40BrN3O6S. The van der Waals surface area contributed by atoms with Gasteiger partial charge in [0.25, 0.3) is 10.0 Å². The highest BCUT2D eigenvalue weighted by molar-refractivity contribution is 9.10. The topological polar surface area (TPSA) is 105 Å². The molecule has 3 aromatic carbocycles. The van der Waals surface area contributed by atoms with E-state index in [-0.39, 0.29) is 17.3 Å². The number of rotatable bonds is 16. The molecule has 43 heavy (non-hydrogen) atoms. The monoisotopic (exact) mass is 673 g/mol. The molecule has 1 unspecified atom stereocenters. The first-order valence-corrected chi connectivity index (χ1v) is 16.6. The van der Waals surface area contributed by atoms with E-state index >= 15 is 0 Å². The van der Waals surface area contributed by atoms with Crippen LogP contribution in [-0.2, 0) is 26.2 Å². The van der Waals surface area contributed by atoms with Crippen molar-refractivity contribution < 1.29 is 27.5 Å². The summed E-state index contributed by atoms with van der Waals surface area (Å²) >= 11 is 3.35. The fraction of sp³-hybridized carbons (Fsp3) is 0.375. The SMILES string of the molecule is CCCCNC(=O)C(CC)N(Cc1ccc(OC)cc1)C(=O)CN(c1ccc(OCC)cc1)S(=O)(=O)c1ccc(Br)cc1. The Morgan fingerprint density at radius 3 is 2.09 bits per heavy atom. The lowest BCUT2D eigenvalue weighted by molar-refractivity contribution is -0.140. The van der Waals surface area contributed by atoms with Gasteiger partial charge in [0, 0.05) is 17.6 Å². The van der Waals surface area contributed by atoms with Crippen LogP contribution >= 0.6 is 15.9 Å². The third-order valence-corrected chi connectivity index (χ3v) is 9.16. The second kappa shape index (κ2) is 16.3. The second-order valence-electron chi connectivity index (χ2n) is 9.83. The van der Waals surface area contributed by atoms with Gasteiger partial charge in [-0.3, -0.25) is 13.9 Å². The molecule has 0 saturated heterocycles. The van der Waals surface area contributed by atoms with E-state index in [1.165, 1.54) is 17.0 Å². The minimum absolute atomic E-state index is 0.0310. The molecule has 0 bridgehead atoms. The Balaban J connectivity index is 2.03. The zero-order chi connectivity index (χ0) is 31.4. The first-order valence-electron chi connectivity index (χ1n) is 14.4. The first kappa shape index (κ1) is 33.9. The van der Waals surface area contributed by atoms with E-state index in [1.54, 1.807) is 55.6 Å². The molecule has 1 atom stereocenters. The highest BCUT2D eigenvalue weighted by atomic mass is 79.9. The van der Waals surface area contributed by atoms with Crippen LogP contribution in [0.3, 0.4) is 0 Å². The number of anilines is 1. The maximum Gasteiger partial charge on any atom is 0.264 e. The van der Waals surface area contributed by atoms with E-state index in [9.17, 15) is 18.0 Å². The van der Waals surface area contributed by atoms with Gasteiger partial charge in [-0.25, -0.2) is 8.42 Å². The van der Waals surface area contributed by atoms with Crippen LogP contribution in [0.5, 0.6) is 11.5 Å². The van der Waals surface area contributed by atoms with Crippen molar-refractivity contribution in [3.8, 4) is 11.5 Å². The number of amides is 2. The third-order valence-electron chi connectivity index (χ3n) is 6.84. The lowest BCUT2D eigenvalue weighted by atomic mass is 10.1. The normalized spacial score (nSPS) is 11.8. The minimum Gasteiger partial charge on any atom is -0.497 e. The van der Waals surface area contributed by atoms with Crippen molar-refractivity contribution in [3.05, 3.63) is 82.8 Å². The van der Waals surface area contributed by atoms with Crippen molar-refractivity contribution >= 4 is 43.5 Å². The van der Waals surface area contributed by atoms with Crippen molar-refractivity contribution in [2.24, 2.45) is 0 Å². The van der Waals surface area contributed by atoms with Gasteiger partial charge in [0.05, 0.1) is 24.3 Å². The smallest absolute Gasteiger partial charge is 0.264 e. The number of benzene rings is 3. The molecule has 2 amide bonds. The summed E-state index contributed by atoms with van der Waals surface area (Å²) in [5.41, 5.74) is 1.07. The van der Waals surface area contributed by atoms with E-state index in [4.69, 9.17) is 9.47 Å². The fourth-order valence-electron chi connectivity index (χ4n) is 4.49. The van der Waals surface area contributed by atoms with E-state index < -0.39 is 28.5 Å². The highest BCUT2D eigenvalue weighted by Gasteiger charge is 2.33. The van der Waals surface area contributed by atoms with E-state index in [0.717, 1.165) is 27.2 Å². The molecule has 1 N–H and O–H groups in total. The van der Waals surface area contributed by atoms with Crippen molar-refractivity contribution in [2.45, 2.75) is 57.5 Å². The van der Waals surface area contributed by atoms with Gasteiger partial charge in [0.15, 0.2) is 0 Å². The molecule has 0 fully saturated rings. The van der Waals surface area contributed by atoms with Crippen molar-refractivity contribution in [3.63, 3.8) is 0 Å². The molecule has 0 heterocycles. The average Bonchev–Trinajstić information content (AvgIpc) is 3.01. The number of ether oxygens (including phenoxy) is 2. The molecule has 0 aliphatic heterocycles. The molecule has 3 rings (SSSR count). The number of hydrogen-bond donors (Lipinski definition) is 1. The van der Waals surface area contributed by atoms with Gasteiger partial charge in [-0.15, -0.1) is 0 Å². The Labute approximate surface area is 263 Å². The van der Waals surface area contributed by atoms with Crippen LogP contribution in [0, 0.1) is 0 Å². The van der Waals surface area contributed by atoms with Gasteiger partial charge in [-0.05, 0) is 86.0 Å². The van der Waals surface area contributed by atoms with Crippen molar-refractivity contribution in [1.82, 2.24) is 10.2 Å². The molecule has 0 radical (unpaired) electrons. The van der Waals surface area contributed by atoms with E-state index in [1.807, 2.05) is 32.9 Å². The van der Waals surface area contributed by atoms with Crippen LogP contribution < -0.4 is 19.1 Å². The Bertz CT molecular complexity index is 1430. The summed E-state index contributed by atoms with van der Waals surface area (Å²) in [5.74, 6) is 0.451. The summed E-state index contributed by atoms with van der Waals surface area (Å²) in [4.78, 5) is 29.0. The Morgan fingerprint density at radius 1 is 0.907 bits per heavy atom. The minimum atomic E-state index is -4.17. The molecule has 0 aliphatic carbocycles. The maximum atomic E-state index is 14.2. The Morgan fingerprint density at radius 2 is 1.53 bits per heavy atom. The molecule has 3 aromatic rings. The molecule has 0 aromatic heterocycles. The summed E-state index contributed by atoms with van der Waals surface area (Å²) in [7, 11) is -2.60. The molecule has 0 saturated carbocycles. The molecule has 0 aliphatic rings. The van der Waals surface area contributed by atoms with Gasteiger partial charge in [0.2, 0.25) is 11.8 Å². The fourth-order valence-corrected chi connectivity index (χ4v) is 6.17. The van der Waals surface area contributed by atoms with Gasteiger partial charge >= 0.3 is 0 Å². The molecular weight excluding hydrogens is 634 g/mol. The number of sulfonamides is 1. The van der Waals surface area contributed by atoms with E-state index in [2.05, 4.69) is 21.2 Å². The number of nitrogens with zero attached hydrogens (tertiary/aromatic N) is 2.